The van der Waals surface area contributed by atoms with Gasteiger partial charge in [-0.05, 0) is 29.0 Å². The standard InChI is InChI=1S/C24H31N3O4/c1-4-17-10-12-19(13-11-17)22(16(2)3)27-21(28)15-31-23(29)20(26-24(25)30)14-18-8-6-5-7-9-18/h5-13,16,20,22H,4,14-15H2,1-3H3,(H,27,28)(H3,25,26,30)/t20-,22+/m0/s1. The molecule has 7 nitrogen and oxygen atoms in total. The fourth-order valence-electron chi connectivity index (χ4n) is 3.26. The zero-order chi connectivity index (χ0) is 22.8. The van der Waals surface area contributed by atoms with E-state index in [0.717, 1.165) is 17.5 Å². The van der Waals surface area contributed by atoms with Crippen LogP contribution in [0, 0.1) is 5.92 Å². The number of hydrogen-bond acceptors (Lipinski definition) is 4. The van der Waals surface area contributed by atoms with E-state index in [-0.39, 0.29) is 18.4 Å². The van der Waals surface area contributed by atoms with Crippen LogP contribution >= 0.6 is 0 Å². The highest BCUT2D eigenvalue weighted by atomic mass is 16.5. The van der Waals surface area contributed by atoms with Crippen LogP contribution in [-0.2, 0) is 27.2 Å². The molecule has 0 fully saturated rings. The smallest absolute Gasteiger partial charge is 0.329 e. The Morgan fingerprint density at radius 2 is 1.58 bits per heavy atom. The normalized spacial score (nSPS) is 12.6. The monoisotopic (exact) mass is 425 g/mol. The van der Waals surface area contributed by atoms with E-state index >= 15 is 0 Å². The summed E-state index contributed by atoms with van der Waals surface area (Å²) in [5.74, 6) is -0.982. The summed E-state index contributed by atoms with van der Waals surface area (Å²) in [6, 6.07) is 15.2. The lowest BCUT2D eigenvalue weighted by molar-refractivity contribution is -0.150. The predicted molar refractivity (Wildman–Crippen MR) is 119 cm³/mol. The van der Waals surface area contributed by atoms with Gasteiger partial charge in [0.1, 0.15) is 6.04 Å². The van der Waals surface area contributed by atoms with Gasteiger partial charge in [0, 0.05) is 6.42 Å². The second kappa shape index (κ2) is 11.7. The quantitative estimate of drug-likeness (QED) is 0.508. The van der Waals surface area contributed by atoms with Gasteiger partial charge in [0.25, 0.3) is 5.91 Å². The van der Waals surface area contributed by atoms with Crippen LogP contribution in [0.1, 0.15) is 43.5 Å². The van der Waals surface area contributed by atoms with E-state index in [1.807, 2.05) is 68.4 Å². The number of nitrogens with one attached hydrogen (secondary N) is 2. The highest BCUT2D eigenvalue weighted by molar-refractivity contribution is 5.85. The summed E-state index contributed by atoms with van der Waals surface area (Å²) >= 11 is 0. The Balaban J connectivity index is 1.97. The molecule has 0 aliphatic carbocycles. The third-order valence-corrected chi connectivity index (χ3v) is 4.96. The Morgan fingerprint density at radius 3 is 2.13 bits per heavy atom. The fraction of sp³-hybridized carbons (Fsp3) is 0.375. The molecule has 0 aliphatic heterocycles. The number of amides is 3. The van der Waals surface area contributed by atoms with Crippen molar-refractivity contribution < 1.29 is 19.1 Å². The molecule has 0 saturated heterocycles. The van der Waals surface area contributed by atoms with E-state index in [1.54, 1.807) is 0 Å². The first kappa shape index (κ1) is 23.9. The third kappa shape index (κ3) is 7.77. The number of hydrogen-bond donors (Lipinski definition) is 3. The van der Waals surface area contributed by atoms with E-state index in [2.05, 4.69) is 17.6 Å². The summed E-state index contributed by atoms with van der Waals surface area (Å²) in [5, 5.41) is 5.31. The molecule has 31 heavy (non-hydrogen) atoms. The van der Waals surface area contributed by atoms with Crippen molar-refractivity contribution in [1.82, 2.24) is 10.6 Å². The first-order valence-electron chi connectivity index (χ1n) is 10.4. The highest BCUT2D eigenvalue weighted by Crippen LogP contribution is 2.22. The van der Waals surface area contributed by atoms with Gasteiger partial charge < -0.3 is 21.1 Å². The fourth-order valence-corrected chi connectivity index (χ4v) is 3.26. The molecule has 0 aromatic heterocycles. The maximum Gasteiger partial charge on any atom is 0.329 e. The van der Waals surface area contributed by atoms with Crippen LogP contribution in [0.15, 0.2) is 54.6 Å². The van der Waals surface area contributed by atoms with E-state index in [9.17, 15) is 14.4 Å². The molecule has 0 radical (unpaired) electrons. The van der Waals surface area contributed by atoms with E-state index in [0.29, 0.717) is 0 Å². The molecule has 0 unspecified atom stereocenters. The predicted octanol–water partition coefficient (Wildman–Crippen LogP) is 2.89. The second-order valence-electron chi connectivity index (χ2n) is 7.74. The summed E-state index contributed by atoms with van der Waals surface area (Å²) in [7, 11) is 0. The zero-order valence-corrected chi connectivity index (χ0v) is 18.3. The molecule has 0 bridgehead atoms. The SMILES string of the molecule is CCc1ccc([C@H](NC(=O)COC(=O)[C@H](Cc2ccccc2)NC(N)=O)C(C)C)cc1. The number of nitrogens with two attached hydrogens (primary N) is 1. The van der Waals surface area contributed by atoms with Gasteiger partial charge in [-0.15, -0.1) is 0 Å². The van der Waals surface area contributed by atoms with E-state index in [4.69, 9.17) is 10.5 Å². The van der Waals surface area contributed by atoms with Crippen molar-refractivity contribution >= 4 is 17.9 Å². The van der Waals surface area contributed by atoms with Crippen molar-refractivity contribution in [3.05, 3.63) is 71.3 Å². The molecular formula is C24H31N3O4. The summed E-state index contributed by atoms with van der Waals surface area (Å²) in [5.41, 5.74) is 8.23. The summed E-state index contributed by atoms with van der Waals surface area (Å²) in [4.78, 5) is 36.2. The first-order valence-corrected chi connectivity index (χ1v) is 10.4. The lowest BCUT2D eigenvalue weighted by atomic mass is 9.95. The molecule has 0 spiro atoms. The Kier molecular flexibility index (Phi) is 9.06. The number of esters is 1. The Labute approximate surface area is 183 Å². The second-order valence-corrected chi connectivity index (χ2v) is 7.74. The molecule has 2 rings (SSSR count). The van der Waals surface area contributed by atoms with Gasteiger partial charge in [-0.1, -0.05) is 75.4 Å². The molecule has 0 aliphatic rings. The zero-order valence-electron chi connectivity index (χ0n) is 18.3. The average molecular weight is 426 g/mol. The number of urea groups is 1. The van der Waals surface area contributed by atoms with Crippen molar-refractivity contribution in [1.29, 1.82) is 0 Å². The Morgan fingerprint density at radius 1 is 0.935 bits per heavy atom. The van der Waals surface area contributed by atoms with Crippen molar-refractivity contribution in [3.63, 3.8) is 0 Å². The lowest BCUT2D eigenvalue weighted by Gasteiger charge is -2.23. The van der Waals surface area contributed by atoms with Crippen molar-refractivity contribution in [3.8, 4) is 0 Å². The maximum absolute atomic E-state index is 12.5. The Hall–Kier alpha value is -3.35. The average Bonchev–Trinajstić information content (AvgIpc) is 2.75. The van der Waals surface area contributed by atoms with Crippen molar-refractivity contribution in [2.45, 2.75) is 45.7 Å². The number of rotatable bonds is 10. The number of benzene rings is 2. The van der Waals surface area contributed by atoms with E-state index < -0.39 is 30.6 Å². The molecule has 7 heteroatoms. The summed E-state index contributed by atoms with van der Waals surface area (Å²) < 4.78 is 5.17. The first-order chi connectivity index (χ1) is 14.8. The minimum Gasteiger partial charge on any atom is -0.454 e. The number of carbonyl (C=O) groups is 3. The van der Waals surface area contributed by atoms with Crippen molar-refractivity contribution in [2.75, 3.05) is 6.61 Å². The topological polar surface area (TPSA) is 111 Å². The lowest BCUT2D eigenvalue weighted by Crippen LogP contribution is -2.46. The van der Waals surface area contributed by atoms with Gasteiger partial charge in [-0.3, -0.25) is 4.79 Å². The molecule has 3 amide bonds. The summed E-state index contributed by atoms with van der Waals surface area (Å²) in [6.45, 7) is 5.67. The molecule has 2 aromatic carbocycles. The van der Waals surface area contributed by atoms with Gasteiger partial charge in [0.05, 0.1) is 6.04 Å². The van der Waals surface area contributed by atoms with Gasteiger partial charge in [-0.25, -0.2) is 9.59 Å². The number of carbonyl (C=O) groups excluding carboxylic acids is 3. The number of aryl methyl sites for hydroxylation is 1. The number of primary amides is 1. The van der Waals surface area contributed by atoms with Crippen LogP contribution < -0.4 is 16.4 Å². The molecule has 166 valence electrons. The highest BCUT2D eigenvalue weighted by Gasteiger charge is 2.24. The molecule has 2 aromatic rings. The largest absolute Gasteiger partial charge is 0.454 e. The van der Waals surface area contributed by atoms with Gasteiger partial charge in [-0.2, -0.15) is 0 Å². The molecule has 0 saturated carbocycles. The van der Waals surface area contributed by atoms with Crippen LogP contribution in [0.4, 0.5) is 4.79 Å². The van der Waals surface area contributed by atoms with E-state index in [1.165, 1.54) is 5.56 Å². The van der Waals surface area contributed by atoms with Gasteiger partial charge in [0.2, 0.25) is 0 Å². The van der Waals surface area contributed by atoms with Crippen LogP contribution in [0.3, 0.4) is 0 Å². The van der Waals surface area contributed by atoms with Gasteiger partial charge >= 0.3 is 12.0 Å². The molecular weight excluding hydrogens is 394 g/mol. The third-order valence-electron chi connectivity index (χ3n) is 4.96. The van der Waals surface area contributed by atoms with Crippen LogP contribution in [0.25, 0.3) is 0 Å². The minimum absolute atomic E-state index is 0.148. The molecule has 2 atom stereocenters. The van der Waals surface area contributed by atoms with Crippen LogP contribution in [-0.4, -0.2) is 30.6 Å². The number of ether oxygens (including phenoxy) is 1. The van der Waals surface area contributed by atoms with Crippen molar-refractivity contribution in [2.24, 2.45) is 11.7 Å². The van der Waals surface area contributed by atoms with Crippen LogP contribution in [0.2, 0.25) is 0 Å². The minimum atomic E-state index is -0.977. The molecule has 0 heterocycles. The molecule has 4 N–H and O–H groups in total. The van der Waals surface area contributed by atoms with Gasteiger partial charge in [0.15, 0.2) is 6.61 Å². The van der Waals surface area contributed by atoms with Crippen LogP contribution in [0.5, 0.6) is 0 Å². The maximum atomic E-state index is 12.5. The summed E-state index contributed by atoms with van der Waals surface area (Å²) in [6.07, 6.45) is 1.15. The Bertz CT molecular complexity index is 866.